The van der Waals surface area contributed by atoms with Crippen molar-refractivity contribution < 1.29 is 9.53 Å². The molecule has 64 valence electrons. The van der Waals surface area contributed by atoms with E-state index in [1.165, 1.54) is 0 Å². The third kappa shape index (κ3) is 0.932. The van der Waals surface area contributed by atoms with Gasteiger partial charge in [0.15, 0.2) is 0 Å². The zero-order valence-electron chi connectivity index (χ0n) is 6.99. The van der Waals surface area contributed by atoms with E-state index in [0.29, 0.717) is 5.88 Å². The number of ether oxygens (including phenoxy) is 1. The van der Waals surface area contributed by atoms with Gasteiger partial charge in [0.05, 0.1) is 0 Å². The van der Waals surface area contributed by atoms with Crippen molar-refractivity contribution in [2.45, 2.75) is 25.8 Å². The topological polar surface area (TPSA) is 31.2 Å². The van der Waals surface area contributed by atoms with Gasteiger partial charge in [0.2, 0.25) is 5.88 Å². The number of hydrogen-bond donors (Lipinski definition) is 0. The monoisotopic (exact) mass is 165 g/mol. The van der Waals surface area contributed by atoms with E-state index in [0.717, 1.165) is 12.8 Å². The van der Waals surface area contributed by atoms with Crippen molar-refractivity contribution in [3.63, 3.8) is 0 Å². The van der Waals surface area contributed by atoms with Gasteiger partial charge in [0.25, 0.3) is 0 Å². The third-order valence-electron chi connectivity index (χ3n) is 2.12. The minimum Gasteiger partial charge on any atom is -0.408 e. The first-order valence-electron chi connectivity index (χ1n) is 4.21. The molecule has 1 aromatic heterocycles. The van der Waals surface area contributed by atoms with Crippen LogP contribution in [0.25, 0.3) is 0 Å². The van der Waals surface area contributed by atoms with Gasteiger partial charge in [-0.3, -0.25) is 0 Å². The van der Waals surface area contributed by atoms with Crippen LogP contribution in [0.2, 0.25) is 0 Å². The lowest BCUT2D eigenvalue weighted by molar-refractivity contribution is -0.134. The number of hydrogen-bond acceptors (Lipinski definition) is 2. The fourth-order valence-corrected chi connectivity index (χ4v) is 1.54. The Bertz CT molecular complexity index is 303. The molecule has 1 aliphatic rings. The second-order valence-electron chi connectivity index (χ2n) is 2.98. The maximum atomic E-state index is 11.2. The summed E-state index contributed by atoms with van der Waals surface area (Å²) >= 11 is 0. The van der Waals surface area contributed by atoms with Crippen molar-refractivity contribution in [3.8, 4) is 5.88 Å². The molecule has 0 spiro atoms. The fraction of sp³-hybridized carbons (Fsp3) is 0.444. The Hall–Kier alpha value is -1.25. The third-order valence-corrected chi connectivity index (χ3v) is 2.12. The highest BCUT2D eigenvalue weighted by Crippen LogP contribution is 2.30. The van der Waals surface area contributed by atoms with E-state index >= 15 is 0 Å². The average Bonchev–Trinajstić information content (AvgIpc) is 2.56. The fourth-order valence-electron chi connectivity index (χ4n) is 1.54. The number of carbonyl (C=O) groups is 1. The van der Waals surface area contributed by atoms with Crippen molar-refractivity contribution in [1.82, 2.24) is 4.57 Å². The molecular weight excluding hydrogens is 154 g/mol. The molecule has 0 unspecified atom stereocenters. The normalized spacial score (nSPS) is 20.8. The summed E-state index contributed by atoms with van der Waals surface area (Å²) < 4.78 is 6.93. The molecule has 2 rings (SSSR count). The van der Waals surface area contributed by atoms with Crippen molar-refractivity contribution in [2.75, 3.05) is 0 Å². The first kappa shape index (κ1) is 7.40. The molecule has 0 radical (unpaired) electrons. The Kier molecular flexibility index (Phi) is 1.64. The van der Waals surface area contributed by atoms with Crippen LogP contribution < -0.4 is 4.74 Å². The molecule has 0 N–H and O–H groups in total. The molecule has 3 nitrogen and oxygen atoms in total. The summed E-state index contributed by atoms with van der Waals surface area (Å²) in [7, 11) is 0. The summed E-state index contributed by atoms with van der Waals surface area (Å²) in [5, 5.41) is 0. The Balaban J connectivity index is 2.29. The maximum Gasteiger partial charge on any atom is 0.335 e. The van der Waals surface area contributed by atoms with Crippen LogP contribution in [0.4, 0.5) is 0 Å². The van der Waals surface area contributed by atoms with E-state index in [1.54, 1.807) is 0 Å². The summed E-state index contributed by atoms with van der Waals surface area (Å²) in [5.74, 6) is 0.561. The molecule has 0 saturated heterocycles. The van der Waals surface area contributed by atoms with Crippen molar-refractivity contribution in [1.29, 1.82) is 0 Å². The highest BCUT2D eigenvalue weighted by atomic mass is 16.6. The Morgan fingerprint density at radius 3 is 3.25 bits per heavy atom. The smallest absolute Gasteiger partial charge is 0.335 e. The molecular formula is C9H11NO2. The molecule has 0 amide bonds. The van der Waals surface area contributed by atoms with Gasteiger partial charge in [-0.15, -0.1) is 0 Å². The van der Waals surface area contributed by atoms with Gasteiger partial charge < -0.3 is 9.30 Å². The summed E-state index contributed by atoms with van der Waals surface area (Å²) in [5.41, 5.74) is 0. The number of esters is 1. The van der Waals surface area contributed by atoms with Crippen LogP contribution in [0, 0.1) is 0 Å². The molecule has 1 aliphatic heterocycles. The zero-order chi connectivity index (χ0) is 8.55. The average molecular weight is 165 g/mol. The molecule has 12 heavy (non-hydrogen) atoms. The van der Waals surface area contributed by atoms with Gasteiger partial charge in [-0.25, -0.2) is 4.79 Å². The molecule has 2 heterocycles. The Morgan fingerprint density at radius 2 is 2.50 bits per heavy atom. The van der Waals surface area contributed by atoms with E-state index < -0.39 is 0 Å². The quantitative estimate of drug-likeness (QED) is 0.625. The summed E-state index contributed by atoms with van der Waals surface area (Å²) in [4.78, 5) is 11.2. The van der Waals surface area contributed by atoms with Gasteiger partial charge in [0, 0.05) is 12.3 Å². The van der Waals surface area contributed by atoms with Crippen molar-refractivity contribution >= 4 is 5.97 Å². The molecule has 1 atom stereocenters. The van der Waals surface area contributed by atoms with Gasteiger partial charge in [-0.1, -0.05) is 13.3 Å². The second-order valence-corrected chi connectivity index (χ2v) is 2.98. The van der Waals surface area contributed by atoms with Crippen molar-refractivity contribution in [3.05, 3.63) is 18.3 Å². The highest BCUT2D eigenvalue weighted by Gasteiger charge is 2.30. The predicted octanol–water partition coefficient (Wildman–Crippen LogP) is 1.75. The van der Waals surface area contributed by atoms with E-state index in [-0.39, 0.29) is 12.0 Å². The summed E-state index contributed by atoms with van der Waals surface area (Å²) in [6.07, 6.45) is 3.75. The second kappa shape index (κ2) is 2.66. The molecule has 0 saturated carbocycles. The minimum atomic E-state index is -0.118. The van der Waals surface area contributed by atoms with Gasteiger partial charge in [0.1, 0.15) is 6.04 Å². The van der Waals surface area contributed by atoms with Crippen LogP contribution in [0.3, 0.4) is 0 Å². The Morgan fingerprint density at radius 1 is 1.67 bits per heavy atom. The van der Waals surface area contributed by atoms with E-state index in [4.69, 9.17) is 4.74 Å². The van der Waals surface area contributed by atoms with Crippen LogP contribution >= 0.6 is 0 Å². The standard InChI is InChI=1S/C9H11NO2/c1-2-4-7-9(11)12-8-5-3-6-10(7)8/h3,5-7H,2,4H2,1H3/t7-/m0/s1. The van der Waals surface area contributed by atoms with E-state index in [2.05, 4.69) is 6.92 Å². The lowest BCUT2D eigenvalue weighted by Gasteiger charge is -2.05. The number of aromatic nitrogens is 1. The molecule has 0 bridgehead atoms. The maximum absolute atomic E-state index is 11.2. The van der Waals surface area contributed by atoms with E-state index in [1.807, 2.05) is 22.9 Å². The number of rotatable bonds is 2. The van der Waals surface area contributed by atoms with Crippen LogP contribution in [-0.2, 0) is 4.79 Å². The predicted molar refractivity (Wildman–Crippen MR) is 44.0 cm³/mol. The number of nitrogens with zero attached hydrogens (tertiary/aromatic N) is 1. The van der Waals surface area contributed by atoms with Crippen LogP contribution in [0.1, 0.15) is 25.8 Å². The lowest BCUT2D eigenvalue weighted by atomic mass is 10.2. The first-order valence-corrected chi connectivity index (χ1v) is 4.21. The largest absolute Gasteiger partial charge is 0.408 e. The number of carbonyl (C=O) groups excluding carboxylic acids is 1. The lowest BCUT2D eigenvalue weighted by Crippen LogP contribution is -2.13. The minimum absolute atomic E-state index is 0.0833. The van der Waals surface area contributed by atoms with Crippen LogP contribution in [-0.4, -0.2) is 10.5 Å². The van der Waals surface area contributed by atoms with Crippen LogP contribution in [0.15, 0.2) is 18.3 Å². The van der Waals surface area contributed by atoms with Gasteiger partial charge >= 0.3 is 5.97 Å². The summed E-state index contributed by atoms with van der Waals surface area (Å²) in [6.45, 7) is 2.06. The van der Waals surface area contributed by atoms with Gasteiger partial charge in [-0.05, 0) is 12.5 Å². The van der Waals surface area contributed by atoms with Crippen molar-refractivity contribution in [2.24, 2.45) is 0 Å². The Labute approximate surface area is 70.9 Å². The molecule has 0 aliphatic carbocycles. The molecule has 0 aromatic carbocycles. The summed E-state index contributed by atoms with van der Waals surface area (Å²) in [6, 6.07) is 3.62. The zero-order valence-corrected chi connectivity index (χ0v) is 6.99. The van der Waals surface area contributed by atoms with Crippen LogP contribution in [0.5, 0.6) is 5.88 Å². The SMILES string of the molecule is CCC[C@H]1C(=O)Oc2cccn21. The molecule has 3 heteroatoms. The first-order chi connectivity index (χ1) is 5.83. The molecule has 0 fully saturated rings. The molecule has 1 aromatic rings. The van der Waals surface area contributed by atoms with E-state index in [9.17, 15) is 4.79 Å². The highest BCUT2D eigenvalue weighted by molar-refractivity contribution is 5.79. The van der Waals surface area contributed by atoms with Gasteiger partial charge in [-0.2, -0.15) is 0 Å². The number of fused-ring (bicyclic) bond motifs is 1.